The van der Waals surface area contributed by atoms with Crippen LogP contribution >= 0.6 is 0 Å². The quantitative estimate of drug-likeness (QED) is 0.816. The minimum atomic E-state index is -0.852. The minimum absolute atomic E-state index is 0.206. The molecule has 1 rings (SSSR count). The summed E-state index contributed by atoms with van der Waals surface area (Å²) >= 11 is 0. The van der Waals surface area contributed by atoms with E-state index in [1.807, 2.05) is 19.1 Å². The molecule has 2 unspecified atom stereocenters. The molecule has 0 aliphatic carbocycles. The lowest BCUT2D eigenvalue weighted by Crippen LogP contribution is -2.18. The molecule has 0 aromatic carbocycles. The number of hydrogen-bond acceptors (Lipinski definition) is 3. The van der Waals surface area contributed by atoms with Crippen LogP contribution in [-0.4, -0.2) is 16.0 Å². The van der Waals surface area contributed by atoms with Crippen molar-refractivity contribution in [2.75, 3.05) is 6.54 Å². The van der Waals surface area contributed by atoms with Crippen molar-refractivity contribution >= 4 is 10.8 Å². The zero-order valence-electron chi connectivity index (χ0n) is 11.2. The SMILES string of the molecule is CCNCc1ccc(CS(=O)C(C)C(C)C)o1. The number of nitrogens with one attached hydrogen (secondary N) is 1. The van der Waals surface area contributed by atoms with E-state index >= 15 is 0 Å². The lowest BCUT2D eigenvalue weighted by atomic mass is 10.2. The Hall–Kier alpha value is -0.610. The van der Waals surface area contributed by atoms with Gasteiger partial charge >= 0.3 is 0 Å². The molecule has 1 aromatic rings. The van der Waals surface area contributed by atoms with Gasteiger partial charge in [0.05, 0.1) is 12.3 Å². The van der Waals surface area contributed by atoms with Crippen molar-refractivity contribution in [2.24, 2.45) is 5.92 Å². The highest BCUT2D eigenvalue weighted by molar-refractivity contribution is 7.84. The summed E-state index contributed by atoms with van der Waals surface area (Å²) in [5.41, 5.74) is 0. The molecule has 1 heterocycles. The molecule has 0 aliphatic heterocycles. The van der Waals surface area contributed by atoms with Gasteiger partial charge in [0.15, 0.2) is 0 Å². The maximum Gasteiger partial charge on any atom is 0.118 e. The van der Waals surface area contributed by atoms with Crippen LogP contribution in [-0.2, 0) is 23.1 Å². The topological polar surface area (TPSA) is 42.2 Å². The summed E-state index contributed by atoms with van der Waals surface area (Å²) < 4.78 is 17.6. The van der Waals surface area contributed by atoms with Gasteiger partial charge in [-0.25, -0.2) is 0 Å². The van der Waals surface area contributed by atoms with Crippen LogP contribution in [0.3, 0.4) is 0 Å². The maximum absolute atomic E-state index is 12.0. The molecule has 98 valence electrons. The van der Waals surface area contributed by atoms with Gasteiger partial charge in [0.2, 0.25) is 0 Å². The van der Waals surface area contributed by atoms with Crippen molar-refractivity contribution in [3.05, 3.63) is 23.7 Å². The number of rotatable bonds is 7. The van der Waals surface area contributed by atoms with E-state index in [1.165, 1.54) is 0 Å². The Labute approximate surface area is 106 Å². The van der Waals surface area contributed by atoms with Crippen LogP contribution in [0.1, 0.15) is 39.2 Å². The third-order valence-electron chi connectivity index (χ3n) is 2.90. The molecule has 0 spiro atoms. The van der Waals surface area contributed by atoms with Gasteiger partial charge in [0, 0.05) is 16.0 Å². The second kappa shape index (κ2) is 6.97. The Morgan fingerprint density at radius 3 is 2.53 bits per heavy atom. The first-order valence-electron chi connectivity index (χ1n) is 6.20. The predicted octanol–water partition coefficient (Wildman–Crippen LogP) is 2.68. The third kappa shape index (κ3) is 4.64. The Kier molecular flexibility index (Phi) is 5.92. The average molecular weight is 257 g/mol. The standard InChI is InChI=1S/C13H23NO2S/c1-5-14-8-12-6-7-13(16-12)9-17(15)11(4)10(2)3/h6-7,10-11,14H,5,8-9H2,1-4H3. The van der Waals surface area contributed by atoms with Gasteiger partial charge in [-0.1, -0.05) is 27.7 Å². The highest BCUT2D eigenvalue weighted by Crippen LogP contribution is 2.15. The number of hydrogen-bond donors (Lipinski definition) is 1. The van der Waals surface area contributed by atoms with E-state index in [9.17, 15) is 4.21 Å². The molecule has 0 saturated carbocycles. The van der Waals surface area contributed by atoms with Crippen molar-refractivity contribution in [3.63, 3.8) is 0 Å². The van der Waals surface area contributed by atoms with Crippen molar-refractivity contribution in [1.29, 1.82) is 0 Å². The predicted molar refractivity (Wildman–Crippen MR) is 72.2 cm³/mol. The van der Waals surface area contributed by atoms with E-state index in [-0.39, 0.29) is 5.25 Å². The van der Waals surface area contributed by atoms with Gasteiger partial charge in [-0.05, 0) is 24.6 Å². The molecule has 0 fully saturated rings. The largest absolute Gasteiger partial charge is 0.464 e. The molecule has 3 nitrogen and oxygen atoms in total. The Bertz CT molecular complexity index is 360. The third-order valence-corrected chi connectivity index (χ3v) is 4.85. The first-order valence-corrected chi connectivity index (χ1v) is 7.58. The summed E-state index contributed by atoms with van der Waals surface area (Å²) in [6.07, 6.45) is 0. The molecular weight excluding hydrogens is 234 g/mol. The zero-order valence-corrected chi connectivity index (χ0v) is 12.0. The Morgan fingerprint density at radius 2 is 1.94 bits per heavy atom. The van der Waals surface area contributed by atoms with Crippen LogP contribution in [0, 0.1) is 5.92 Å². The van der Waals surface area contributed by atoms with E-state index in [0.717, 1.165) is 24.6 Å². The second-order valence-electron chi connectivity index (χ2n) is 4.62. The van der Waals surface area contributed by atoms with Crippen molar-refractivity contribution in [3.8, 4) is 0 Å². The highest BCUT2D eigenvalue weighted by atomic mass is 32.2. The zero-order chi connectivity index (χ0) is 12.8. The first kappa shape index (κ1) is 14.5. The minimum Gasteiger partial charge on any atom is -0.464 e. The van der Waals surface area contributed by atoms with Gasteiger partial charge in [-0.3, -0.25) is 4.21 Å². The van der Waals surface area contributed by atoms with Crippen LogP contribution < -0.4 is 5.32 Å². The molecule has 2 atom stereocenters. The number of furan rings is 1. The fourth-order valence-corrected chi connectivity index (χ4v) is 2.72. The fraction of sp³-hybridized carbons (Fsp3) is 0.692. The molecule has 0 amide bonds. The molecule has 1 N–H and O–H groups in total. The lowest BCUT2D eigenvalue weighted by molar-refractivity contribution is 0.461. The smallest absolute Gasteiger partial charge is 0.118 e. The molecule has 0 saturated heterocycles. The monoisotopic (exact) mass is 257 g/mol. The molecule has 1 aromatic heterocycles. The van der Waals surface area contributed by atoms with Gasteiger partial charge in [0.1, 0.15) is 11.5 Å². The Morgan fingerprint density at radius 1 is 1.29 bits per heavy atom. The van der Waals surface area contributed by atoms with Crippen LogP contribution in [0.4, 0.5) is 0 Å². The van der Waals surface area contributed by atoms with E-state index in [2.05, 4.69) is 26.1 Å². The van der Waals surface area contributed by atoms with Crippen molar-refractivity contribution < 1.29 is 8.63 Å². The summed E-state index contributed by atoms with van der Waals surface area (Å²) in [7, 11) is -0.852. The van der Waals surface area contributed by atoms with Crippen molar-refractivity contribution in [2.45, 2.75) is 45.2 Å². The van der Waals surface area contributed by atoms with E-state index in [4.69, 9.17) is 4.42 Å². The van der Waals surface area contributed by atoms with Crippen LogP contribution in [0.5, 0.6) is 0 Å². The van der Waals surface area contributed by atoms with E-state index in [0.29, 0.717) is 11.7 Å². The molecule has 0 radical (unpaired) electrons. The average Bonchev–Trinajstić information content (AvgIpc) is 2.72. The highest BCUT2D eigenvalue weighted by Gasteiger charge is 2.16. The normalized spacial score (nSPS) is 15.1. The summed E-state index contributed by atoms with van der Waals surface area (Å²) in [4.78, 5) is 0. The molecule has 0 bridgehead atoms. The van der Waals surface area contributed by atoms with Crippen LogP contribution in [0.2, 0.25) is 0 Å². The summed E-state index contributed by atoms with van der Waals surface area (Å²) in [6.45, 7) is 9.95. The lowest BCUT2D eigenvalue weighted by Gasteiger charge is -2.13. The van der Waals surface area contributed by atoms with Crippen LogP contribution in [0.15, 0.2) is 16.5 Å². The molecule has 4 heteroatoms. The maximum atomic E-state index is 12.0. The Balaban J connectivity index is 2.51. The van der Waals surface area contributed by atoms with Gasteiger partial charge in [-0.2, -0.15) is 0 Å². The summed E-state index contributed by atoms with van der Waals surface area (Å²) in [5.74, 6) is 2.69. The molecule has 17 heavy (non-hydrogen) atoms. The molecule has 0 aliphatic rings. The summed E-state index contributed by atoms with van der Waals surface area (Å²) in [6, 6.07) is 3.88. The van der Waals surface area contributed by atoms with E-state index < -0.39 is 10.8 Å². The van der Waals surface area contributed by atoms with Gasteiger partial charge in [-0.15, -0.1) is 0 Å². The van der Waals surface area contributed by atoms with Crippen LogP contribution in [0.25, 0.3) is 0 Å². The van der Waals surface area contributed by atoms with E-state index in [1.54, 1.807) is 0 Å². The second-order valence-corrected chi connectivity index (χ2v) is 6.42. The van der Waals surface area contributed by atoms with Gasteiger partial charge in [0.25, 0.3) is 0 Å². The van der Waals surface area contributed by atoms with Crippen molar-refractivity contribution in [1.82, 2.24) is 5.32 Å². The summed E-state index contributed by atoms with van der Waals surface area (Å²) in [5, 5.41) is 3.41. The first-order chi connectivity index (χ1) is 8.04. The molecular formula is C13H23NO2S. The fourth-order valence-electron chi connectivity index (χ4n) is 1.42. The van der Waals surface area contributed by atoms with Gasteiger partial charge < -0.3 is 9.73 Å².